The van der Waals surface area contributed by atoms with E-state index in [9.17, 15) is 22.8 Å². The van der Waals surface area contributed by atoms with E-state index in [-0.39, 0.29) is 23.6 Å². The summed E-state index contributed by atoms with van der Waals surface area (Å²) >= 11 is -0.569. The summed E-state index contributed by atoms with van der Waals surface area (Å²) in [6.45, 7) is 4.54. The van der Waals surface area contributed by atoms with Gasteiger partial charge in [0, 0.05) is 43.2 Å². The third kappa shape index (κ3) is 7.83. The number of allylic oxidation sites excluding steroid dienone is 1. The molecule has 214 valence electrons. The van der Waals surface area contributed by atoms with E-state index >= 15 is 0 Å². The Labute approximate surface area is 228 Å². The van der Waals surface area contributed by atoms with Crippen molar-refractivity contribution in [3.8, 4) is 5.75 Å². The minimum Gasteiger partial charge on any atom is -0.406 e. The van der Waals surface area contributed by atoms with Gasteiger partial charge in [0.25, 0.3) is 0 Å². The maximum atomic E-state index is 13.4. The molecule has 5 rings (SSSR count). The number of hydrogen-bond donors (Lipinski definition) is 3. The molecule has 0 bridgehead atoms. The fraction of sp³-hybridized carbons (Fsp3) is 0.538. The second-order valence-corrected chi connectivity index (χ2v) is 12.1. The molecule has 3 heterocycles. The molecule has 0 spiro atoms. The number of carbonyl (C=O) groups is 2. The van der Waals surface area contributed by atoms with Crippen molar-refractivity contribution >= 4 is 28.7 Å². The summed E-state index contributed by atoms with van der Waals surface area (Å²) in [5.41, 5.74) is 2.85. The van der Waals surface area contributed by atoms with Crippen LogP contribution in [0.4, 0.5) is 23.7 Å². The Kier molecular flexibility index (Phi) is 8.57. The molecule has 39 heavy (non-hydrogen) atoms. The second kappa shape index (κ2) is 12.1. The Morgan fingerprint density at radius 3 is 2.59 bits per heavy atom. The zero-order valence-electron chi connectivity index (χ0n) is 21.6. The summed E-state index contributed by atoms with van der Waals surface area (Å²) in [5, 5.41) is 6.34. The van der Waals surface area contributed by atoms with E-state index in [1.165, 1.54) is 35.4 Å². The van der Waals surface area contributed by atoms with Crippen LogP contribution in [0.3, 0.4) is 0 Å². The van der Waals surface area contributed by atoms with Crippen LogP contribution in [0.5, 0.6) is 5.75 Å². The standard InChI is InChI=1S/C26H34F3N5O4S/c27-26(28,29)38-23-5-3-22(4-6-23)30-25(36)34(11-10-32-12-14-37-15-13-32)33-9-7-21-18-39(16-8-20(21)17-33)31-24(35)19-1-2-19/h3-7,9,19,39H,1-2,8,10-18H2,(H,30,36)(H,31,35). The van der Waals surface area contributed by atoms with Crippen molar-refractivity contribution in [2.24, 2.45) is 5.92 Å². The summed E-state index contributed by atoms with van der Waals surface area (Å²) in [5.74, 6) is 1.82. The molecule has 1 unspecified atom stereocenters. The van der Waals surface area contributed by atoms with E-state index in [0.29, 0.717) is 38.5 Å². The highest BCUT2D eigenvalue weighted by molar-refractivity contribution is 8.15. The Morgan fingerprint density at radius 2 is 1.90 bits per heavy atom. The van der Waals surface area contributed by atoms with E-state index < -0.39 is 17.4 Å². The van der Waals surface area contributed by atoms with E-state index in [1.807, 2.05) is 17.3 Å². The molecule has 1 saturated carbocycles. The lowest BCUT2D eigenvalue weighted by Crippen LogP contribution is -2.51. The molecule has 1 atom stereocenters. The minimum atomic E-state index is -4.78. The van der Waals surface area contributed by atoms with Crippen LogP contribution in [-0.2, 0) is 9.53 Å². The molecule has 13 heteroatoms. The number of hydrogen-bond acceptors (Lipinski definition) is 6. The number of nitrogens with zero attached hydrogens (tertiary/aromatic N) is 3. The molecular formula is C26H34F3N5O4S. The molecule has 0 aromatic heterocycles. The van der Waals surface area contributed by atoms with Crippen LogP contribution >= 0.6 is 11.1 Å². The molecule has 9 nitrogen and oxygen atoms in total. The van der Waals surface area contributed by atoms with Crippen molar-refractivity contribution in [3.05, 3.63) is 47.7 Å². The first-order valence-corrected chi connectivity index (χ1v) is 14.9. The maximum Gasteiger partial charge on any atom is 0.573 e. The van der Waals surface area contributed by atoms with Crippen LogP contribution in [0.1, 0.15) is 19.3 Å². The summed E-state index contributed by atoms with van der Waals surface area (Å²) < 4.78 is 50.1. The third-order valence-electron chi connectivity index (χ3n) is 7.13. The SMILES string of the molecule is O=C(N[SH]1CCC2=C(C=CN(N(CCN3CCOCC3)C(=O)Nc3ccc(OC(F)(F)F)cc3)C2)C1)C1CC1. The first kappa shape index (κ1) is 27.7. The topological polar surface area (TPSA) is 86.4 Å². The van der Waals surface area contributed by atoms with E-state index in [0.717, 1.165) is 43.9 Å². The number of nitrogens with one attached hydrogen (secondary N) is 2. The van der Waals surface area contributed by atoms with Gasteiger partial charge in [-0.3, -0.25) is 14.7 Å². The van der Waals surface area contributed by atoms with Gasteiger partial charge in [0.2, 0.25) is 5.91 Å². The molecule has 3 aliphatic heterocycles. The zero-order chi connectivity index (χ0) is 27.4. The Bertz CT molecular complexity index is 1100. The van der Waals surface area contributed by atoms with Crippen LogP contribution in [0, 0.1) is 5.92 Å². The van der Waals surface area contributed by atoms with Gasteiger partial charge in [-0.2, -0.15) is 11.1 Å². The summed E-state index contributed by atoms with van der Waals surface area (Å²) in [6, 6.07) is 4.72. The van der Waals surface area contributed by atoms with Gasteiger partial charge in [-0.15, -0.1) is 13.2 Å². The monoisotopic (exact) mass is 569 g/mol. The van der Waals surface area contributed by atoms with Gasteiger partial charge >= 0.3 is 12.4 Å². The number of ether oxygens (including phenoxy) is 2. The number of benzene rings is 1. The molecule has 1 saturated heterocycles. The Hall–Kier alpha value is -2.90. The van der Waals surface area contributed by atoms with Crippen LogP contribution in [0.2, 0.25) is 0 Å². The number of thiol groups is 1. The highest BCUT2D eigenvalue weighted by Gasteiger charge is 2.33. The Balaban J connectivity index is 1.23. The van der Waals surface area contributed by atoms with Crippen molar-refractivity contribution in [2.45, 2.75) is 25.6 Å². The number of anilines is 1. The lowest BCUT2D eigenvalue weighted by atomic mass is 10.0. The number of urea groups is 1. The molecule has 1 aromatic rings. The molecule has 2 N–H and O–H groups in total. The predicted molar refractivity (Wildman–Crippen MR) is 143 cm³/mol. The highest BCUT2D eigenvalue weighted by atomic mass is 32.2. The fourth-order valence-corrected chi connectivity index (χ4v) is 6.92. The molecule has 1 aromatic carbocycles. The van der Waals surface area contributed by atoms with Crippen molar-refractivity contribution in [1.29, 1.82) is 0 Å². The van der Waals surface area contributed by atoms with Gasteiger partial charge < -0.3 is 19.5 Å². The van der Waals surface area contributed by atoms with Crippen molar-refractivity contribution in [2.75, 3.05) is 62.8 Å². The number of morpholine rings is 1. The zero-order valence-corrected chi connectivity index (χ0v) is 22.5. The number of carbonyl (C=O) groups excluding carboxylic acids is 2. The largest absolute Gasteiger partial charge is 0.573 e. The quantitative estimate of drug-likeness (QED) is 0.415. The van der Waals surface area contributed by atoms with Crippen LogP contribution in [-0.4, -0.2) is 90.7 Å². The molecule has 2 fully saturated rings. The van der Waals surface area contributed by atoms with Gasteiger partial charge in [-0.1, -0.05) is 0 Å². The van der Waals surface area contributed by atoms with Crippen LogP contribution in [0.15, 0.2) is 47.7 Å². The van der Waals surface area contributed by atoms with Crippen molar-refractivity contribution in [3.63, 3.8) is 0 Å². The first-order chi connectivity index (χ1) is 18.7. The number of rotatable bonds is 8. The molecule has 4 aliphatic rings. The minimum absolute atomic E-state index is 0.190. The van der Waals surface area contributed by atoms with Gasteiger partial charge in [0.05, 0.1) is 26.3 Å². The van der Waals surface area contributed by atoms with Gasteiger partial charge in [-0.25, -0.2) is 9.80 Å². The average Bonchev–Trinajstić information content (AvgIpc) is 3.76. The van der Waals surface area contributed by atoms with E-state index in [2.05, 4.69) is 19.7 Å². The summed E-state index contributed by atoms with van der Waals surface area (Å²) in [4.78, 5) is 27.9. The molecular weight excluding hydrogens is 535 g/mol. The smallest absolute Gasteiger partial charge is 0.406 e. The Morgan fingerprint density at radius 1 is 1.15 bits per heavy atom. The fourth-order valence-electron chi connectivity index (χ4n) is 4.79. The van der Waals surface area contributed by atoms with Crippen LogP contribution < -0.4 is 14.8 Å². The molecule has 0 radical (unpaired) electrons. The van der Waals surface area contributed by atoms with Crippen molar-refractivity contribution in [1.82, 2.24) is 19.6 Å². The highest BCUT2D eigenvalue weighted by Crippen LogP contribution is 2.38. The van der Waals surface area contributed by atoms with E-state index in [1.54, 1.807) is 5.01 Å². The van der Waals surface area contributed by atoms with Gasteiger partial charge in [0.15, 0.2) is 0 Å². The predicted octanol–water partition coefficient (Wildman–Crippen LogP) is 3.64. The maximum absolute atomic E-state index is 13.4. The normalized spacial score (nSPS) is 22.7. The van der Waals surface area contributed by atoms with Crippen molar-refractivity contribution < 1.29 is 32.2 Å². The summed E-state index contributed by atoms with van der Waals surface area (Å²) in [6.07, 6.45) is 2.01. The molecule has 1 aliphatic carbocycles. The number of amides is 3. The average molecular weight is 570 g/mol. The first-order valence-electron chi connectivity index (χ1n) is 13.2. The van der Waals surface area contributed by atoms with E-state index in [4.69, 9.17) is 4.74 Å². The lowest BCUT2D eigenvalue weighted by molar-refractivity contribution is -0.274. The lowest BCUT2D eigenvalue weighted by Gasteiger charge is -2.40. The van der Waals surface area contributed by atoms with Gasteiger partial charge in [-0.05, 0) is 66.5 Å². The second-order valence-electron chi connectivity index (χ2n) is 10.0. The molecule has 3 amide bonds. The number of halogens is 3. The number of hydrazine groups is 1. The summed E-state index contributed by atoms with van der Waals surface area (Å²) in [7, 11) is 0. The number of alkyl halides is 3. The van der Waals surface area contributed by atoms with Gasteiger partial charge in [0.1, 0.15) is 5.75 Å². The third-order valence-corrected chi connectivity index (χ3v) is 9.15. The van der Waals surface area contributed by atoms with Crippen LogP contribution in [0.25, 0.3) is 0 Å².